The van der Waals surface area contributed by atoms with Crippen molar-refractivity contribution in [1.82, 2.24) is 15.5 Å². The minimum Gasteiger partial charge on any atom is -0.396 e. The van der Waals surface area contributed by atoms with Crippen LogP contribution in [0.1, 0.15) is 32.1 Å². The van der Waals surface area contributed by atoms with Crippen molar-refractivity contribution in [2.24, 2.45) is 0 Å². The van der Waals surface area contributed by atoms with Gasteiger partial charge in [-0.15, -0.1) is 11.3 Å². The Bertz CT molecular complexity index is 554. The molecule has 114 valence electrons. The number of amides is 1. The first-order valence-electron chi connectivity index (χ1n) is 6.95. The van der Waals surface area contributed by atoms with Crippen molar-refractivity contribution in [3.05, 3.63) is 23.4 Å². The summed E-state index contributed by atoms with van der Waals surface area (Å²) in [5.74, 6) is 1.13. The molecule has 0 spiro atoms. The summed E-state index contributed by atoms with van der Waals surface area (Å²) in [7, 11) is 0. The lowest BCUT2D eigenvalue weighted by atomic mass is 10.2. The zero-order valence-corrected chi connectivity index (χ0v) is 12.7. The van der Waals surface area contributed by atoms with Crippen LogP contribution in [-0.4, -0.2) is 33.8 Å². The minimum atomic E-state index is -0.0195. The van der Waals surface area contributed by atoms with Crippen LogP contribution >= 0.6 is 11.3 Å². The van der Waals surface area contributed by atoms with Gasteiger partial charge in [0, 0.05) is 25.5 Å². The molecule has 1 amide bonds. The van der Waals surface area contributed by atoms with Gasteiger partial charge in [0.1, 0.15) is 0 Å². The first kappa shape index (κ1) is 15.7. The van der Waals surface area contributed by atoms with Crippen molar-refractivity contribution in [3.8, 4) is 10.7 Å². The van der Waals surface area contributed by atoms with Crippen LogP contribution < -0.4 is 5.32 Å². The maximum atomic E-state index is 11.7. The number of hydrogen-bond acceptors (Lipinski definition) is 6. The van der Waals surface area contributed by atoms with E-state index >= 15 is 0 Å². The highest BCUT2D eigenvalue weighted by Gasteiger charge is 2.11. The Morgan fingerprint density at radius 1 is 1.57 bits per heavy atom. The average Bonchev–Trinajstić information content (AvgIpc) is 3.09. The largest absolute Gasteiger partial charge is 0.396 e. The molecule has 0 fully saturated rings. The van der Waals surface area contributed by atoms with E-state index in [-0.39, 0.29) is 18.6 Å². The third kappa shape index (κ3) is 4.95. The van der Waals surface area contributed by atoms with E-state index in [1.165, 1.54) is 0 Å². The monoisotopic (exact) mass is 309 g/mol. The quantitative estimate of drug-likeness (QED) is 0.778. The molecule has 21 heavy (non-hydrogen) atoms. The average molecular weight is 309 g/mol. The maximum Gasteiger partial charge on any atom is 0.226 e. The summed E-state index contributed by atoms with van der Waals surface area (Å²) >= 11 is 1.56. The summed E-state index contributed by atoms with van der Waals surface area (Å²) < 4.78 is 5.17. The van der Waals surface area contributed by atoms with Gasteiger partial charge in [-0.05, 0) is 31.2 Å². The van der Waals surface area contributed by atoms with Gasteiger partial charge >= 0.3 is 0 Å². The van der Waals surface area contributed by atoms with E-state index in [1.807, 2.05) is 24.4 Å². The zero-order chi connectivity index (χ0) is 15.1. The van der Waals surface area contributed by atoms with Crippen molar-refractivity contribution in [1.29, 1.82) is 0 Å². The molecule has 0 aromatic carbocycles. The molecule has 7 heteroatoms. The SMILES string of the molecule is CC(CCO)NC(=O)CCCc1nc(-c2cccs2)no1. The predicted molar refractivity (Wildman–Crippen MR) is 79.9 cm³/mol. The van der Waals surface area contributed by atoms with Crippen molar-refractivity contribution in [3.63, 3.8) is 0 Å². The fourth-order valence-electron chi connectivity index (χ4n) is 1.88. The van der Waals surface area contributed by atoms with E-state index in [1.54, 1.807) is 11.3 Å². The fourth-order valence-corrected chi connectivity index (χ4v) is 2.52. The third-order valence-corrected chi connectivity index (χ3v) is 3.84. The number of thiophene rings is 1. The second kappa shape index (κ2) is 7.90. The van der Waals surface area contributed by atoms with Gasteiger partial charge in [0.25, 0.3) is 0 Å². The normalized spacial score (nSPS) is 12.3. The molecule has 0 bridgehead atoms. The van der Waals surface area contributed by atoms with Gasteiger partial charge in [-0.3, -0.25) is 4.79 Å². The Morgan fingerprint density at radius 3 is 3.14 bits per heavy atom. The highest BCUT2D eigenvalue weighted by molar-refractivity contribution is 7.13. The van der Waals surface area contributed by atoms with Crippen LogP contribution in [-0.2, 0) is 11.2 Å². The molecule has 0 saturated carbocycles. The minimum absolute atomic E-state index is 0.00339. The Morgan fingerprint density at radius 2 is 2.43 bits per heavy atom. The van der Waals surface area contributed by atoms with Gasteiger partial charge in [0.2, 0.25) is 17.6 Å². The number of aliphatic hydroxyl groups excluding tert-OH is 1. The number of aliphatic hydroxyl groups is 1. The summed E-state index contributed by atoms with van der Waals surface area (Å²) in [6.45, 7) is 1.95. The lowest BCUT2D eigenvalue weighted by molar-refractivity contribution is -0.121. The van der Waals surface area contributed by atoms with E-state index in [2.05, 4.69) is 15.5 Å². The van der Waals surface area contributed by atoms with Gasteiger partial charge in [0.15, 0.2) is 0 Å². The van der Waals surface area contributed by atoms with Gasteiger partial charge in [0.05, 0.1) is 4.88 Å². The number of hydrogen-bond donors (Lipinski definition) is 2. The molecule has 0 saturated heterocycles. The number of aryl methyl sites for hydroxylation is 1. The summed E-state index contributed by atoms with van der Waals surface area (Å²) in [5.41, 5.74) is 0. The zero-order valence-electron chi connectivity index (χ0n) is 11.9. The van der Waals surface area contributed by atoms with E-state index in [0.29, 0.717) is 37.4 Å². The molecule has 0 aliphatic rings. The lowest BCUT2D eigenvalue weighted by Crippen LogP contribution is -2.33. The van der Waals surface area contributed by atoms with Crippen LogP contribution in [0.3, 0.4) is 0 Å². The number of nitrogens with one attached hydrogen (secondary N) is 1. The molecule has 2 rings (SSSR count). The van der Waals surface area contributed by atoms with Crippen molar-refractivity contribution >= 4 is 17.2 Å². The van der Waals surface area contributed by atoms with Gasteiger partial charge in [-0.1, -0.05) is 11.2 Å². The first-order chi connectivity index (χ1) is 10.2. The highest BCUT2D eigenvalue weighted by atomic mass is 32.1. The molecule has 2 aromatic rings. The number of rotatable bonds is 8. The number of nitrogens with zero attached hydrogens (tertiary/aromatic N) is 2. The molecule has 6 nitrogen and oxygen atoms in total. The number of carbonyl (C=O) groups excluding carboxylic acids is 1. The molecule has 1 atom stereocenters. The van der Waals surface area contributed by atoms with Crippen LogP contribution in [0.25, 0.3) is 10.7 Å². The van der Waals surface area contributed by atoms with Gasteiger partial charge in [-0.2, -0.15) is 4.98 Å². The van der Waals surface area contributed by atoms with Crippen LogP contribution in [0.15, 0.2) is 22.0 Å². The summed E-state index contributed by atoms with van der Waals surface area (Å²) in [4.78, 5) is 16.9. The Kier molecular flexibility index (Phi) is 5.89. The first-order valence-corrected chi connectivity index (χ1v) is 7.83. The Labute approximate surface area is 127 Å². The smallest absolute Gasteiger partial charge is 0.226 e. The summed E-state index contributed by atoms with van der Waals surface area (Å²) in [5, 5.41) is 17.5. The van der Waals surface area contributed by atoms with Crippen molar-refractivity contribution in [2.75, 3.05) is 6.61 Å². The van der Waals surface area contributed by atoms with E-state index in [9.17, 15) is 4.79 Å². The standard InChI is InChI=1S/C14H19N3O3S/c1-10(7-8-18)15-12(19)5-2-6-13-16-14(17-20-13)11-4-3-9-21-11/h3-4,9-10,18H,2,5-8H2,1H3,(H,15,19). The molecular formula is C14H19N3O3S. The Balaban J connectivity index is 1.73. The maximum absolute atomic E-state index is 11.7. The molecule has 0 aliphatic heterocycles. The Hall–Kier alpha value is -1.73. The second-order valence-corrected chi connectivity index (χ2v) is 5.77. The number of aromatic nitrogens is 2. The topological polar surface area (TPSA) is 88.2 Å². The van der Waals surface area contributed by atoms with Gasteiger partial charge < -0.3 is 14.9 Å². The molecule has 0 aliphatic carbocycles. The molecule has 2 heterocycles. The van der Waals surface area contributed by atoms with Crippen LogP contribution in [0.4, 0.5) is 0 Å². The molecule has 2 aromatic heterocycles. The number of carbonyl (C=O) groups is 1. The molecular weight excluding hydrogens is 290 g/mol. The third-order valence-electron chi connectivity index (χ3n) is 2.97. The van der Waals surface area contributed by atoms with E-state index in [4.69, 9.17) is 9.63 Å². The van der Waals surface area contributed by atoms with E-state index < -0.39 is 0 Å². The van der Waals surface area contributed by atoms with Crippen molar-refractivity contribution < 1.29 is 14.4 Å². The molecule has 0 radical (unpaired) electrons. The second-order valence-electron chi connectivity index (χ2n) is 4.82. The van der Waals surface area contributed by atoms with Crippen LogP contribution in [0.5, 0.6) is 0 Å². The van der Waals surface area contributed by atoms with Crippen LogP contribution in [0.2, 0.25) is 0 Å². The van der Waals surface area contributed by atoms with Gasteiger partial charge in [-0.25, -0.2) is 0 Å². The lowest BCUT2D eigenvalue weighted by Gasteiger charge is -2.11. The van der Waals surface area contributed by atoms with Crippen molar-refractivity contribution in [2.45, 2.75) is 38.6 Å². The predicted octanol–water partition coefficient (Wildman–Crippen LogP) is 2.01. The highest BCUT2D eigenvalue weighted by Crippen LogP contribution is 2.21. The fraction of sp³-hybridized carbons (Fsp3) is 0.500. The molecule has 2 N–H and O–H groups in total. The van der Waals surface area contributed by atoms with Crippen LogP contribution in [0, 0.1) is 0 Å². The van der Waals surface area contributed by atoms with E-state index in [0.717, 1.165) is 4.88 Å². The summed E-state index contributed by atoms with van der Waals surface area (Å²) in [6.07, 6.45) is 2.22. The molecule has 1 unspecified atom stereocenters. The summed E-state index contributed by atoms with van der Waals surface area (Å²) in [6, 6.07) is 3.87.